The van der Waals surface area contributed by atoms with Crippen LogP contribution in [0.2, 0.25) is 0 Å². The minimum absolute atomic E-state index is 0.168. The molecular weight excluding hydrogens is 232 g/mol. The number of hydrogen-bond donors (Lipinski definition) is 2. The van der Waals surface area contributed by atoms with Gasteiger partial charge in [0.2, 0.25) is 11.8 Å². The fraction of sp³-hybridized carbons (Fsp3) is 0.769. The minimum Gasteiger partial charge on any atom is -0.321 e. The molecule has 1 aliphatic carbocycles. The number of rotatable bonds is 3. The highest BCUT2D eigenvalue weighted by atomic mass is 16.2. The predicted octanol–water partition coefficient (Wildman–Crippen LogP) is 0.372. The molecule has 1 saturated heterocycles. The molecule has 0 spiro atoms. The molecule has 3 atom stereocenters. The lowest BCUT2D eigenvalue weighted by molar-refractivity contribution is -0.134. The first-order chi connectivity index (χ1) is 8.52. The summed E-state index contributed by atoms with van der Waals surface area (Å²) in [7, 11) is 0. The van der Waals surface area contributed by atoms with Crippen LogP contribution in [0.5, 0.6) is 0 Å². The van der Waals surface area contributed by atoms with Gasteiger partial charge in [-0.05, 0) is 18.8 Å². The molecule has 0 bridgehead atoms. The summed E-state index contributed by atoms with van der Waals surface area (Å²) in [6.45, 7) is 1.61. The van der Waals surface area contributed by atoms with Crippen LogP contribution in [0.3, 0.4) is 0 Å². The van der Waals surface area contributed by atoms with Crippen LogP contribution in [0.15, 0.2) is 0 Å². The van der Waals surface area contributed by atoms with Gasteiger partial charge in [-0.15, -0.1) is 0 Å². The Morgan fingerprint density at radius 3 is 2.33 bits per heavy atom. The highest BCUT2D eigenvalue weighted by Crippen LogP contribution is 2.29. The van der Waals surface area contributed by atoms with Crippen molar-refractivity contribution in [1.29, 1.82) is 0 Å². The summed E-state index contributed by atoms with van der Waals surface area (Å²) in [6.07, 6.45) is 5.28. The van der Waals surface area contributed by atoms with Gasteiger partial charge >= 0.3 is 0 Å². The van der Waals surface area contributed by atoms with Gasteiger partial charge in [-0.25, -0.2) is 0 Å². The lowest BCUT2D eigenvalue weighted by atomic mass is 9.78. The van der Waals surface area contributed by atoms with E-state index in [1.807, 2.05) is 0 Å². The van der Waals surface area contributed by atoms with Crippen molar-refractivity contribution >= 4 is 17.6 Å². The van der Waals surface area contributed by atoms with Crippen LogP contribution >= 0.6 is 0 Å². The molecule has 1 heterocycles. The lowest BCUT2D eigenvalue weighted by Crippen LogP contribution is -2.45. The maximum atomic E-state index is 12.3. The molecule has 0 radical (unpaired) electrons. The summed E-state index contributed by atoms with van der Waals surface area (Å²) in [5.74, 6) is -2.41. The van der Waals surface area contributed by atoms with Crippen LogP contribution in [0.1, 0.15) is 39.0 Å². The third-order valence-corrected chi connectivity index (χ3v) is 4.24. The molecule has 1 aliphatic heterocycles. The molecule has 3 N–H and O–H groups in total. The molecule has 2 amide bonds. The Labute approximate surface area is 106 Å². The number of hydrogen-bond acceptors (Lipinski definition) is 4. The van der Waals surface area contributed by atoms with Gasteiger partial charge in [0, 0.05) is 0 Å². The number of Topliss-reactive ketones (excluding diaryl/α,β-unsaturated/α-hetero) is 1. The molecule has 5 heteroatoms. The van der Waals surface area contributed by atoms with Gasteiger partial charge in [0.1, 0.15) is 5.92 Å². The molecule has 0 aromatic heterocycles. The summed E-state index contributed by atoms with van der Waals surface area (Å²) >= 11 is 0. The average molecular weight is 252 g/mol. The molecule has 1 saturated carbocycles. The number of imide groups is 1. The fourth-order valence-electron chi connectivity index (χ4n) is 3.00. The fourth-order valence-corrected chi connectivity index (χ4v) is 3.00. The van der Waals surface area contributed by atoms with Gasteiger partial charge < -0.3 is 5.73 Å². The van der Waals surface area contributed by atoms with Crippen molar-refractivity contribution < 1.29 is 14.4 Å². The average Bonchev–Trinajstić information content (AvgIpc) is 2.63. The Morgan fingerprint density at radius 2 is 1.83 bits per heavy atom. The predicted molar refractivity (Wildman–Crippen MR) is 65.4 cm³/mol. The first kappa shape index (κ1) is 13.2. The van der Waals surface area contributed by atoms with Crippen LogP contribution < -0.4 is 11.1 Å². The van der Waals surface area contributed by atoms with Gasteiger partial charge in [-0.3, -0.25) is 19.7 Å². The summed E-state index contributed by atoms with van der Waals surface area (Å²) in [6, 6.07) is -0.602. The highest BCUT2D eigenvalue weighted by Gasteiger charge is 2.45. The smallest absolute Gasteiger partial charge is 0.238 e. The highest BCUT2D eigenvalue weighted by molar-refractivity contribution is 6.16. The second-order valence-electron chi connectivity index (χ2n) is 5.45. The van der Waals surface area contributed by atoms with Gasteiger partial charge in [0.05, 0.1) is 12.0 Å². The Hall–Kier alpha value is -1.23. The van der Waals surface area contributed by atoms with E-state index >= 15 is 0 Å². The number of carbonyl (C=O) groups excluding carboxylic acids is 3. The molecule has 2 aliphatic rings. The normalized spacial score (nSPS) is 31.2. The molecule has 0 aromatic carbocycles. The van der Waals surface area contributed by atoms with Crippen LogP contribution in [0.4, 0.5) is 0 Å². The van der Waals surface area contributed by atoms with Crippen LogP contribution in [-0.4, -0.2) is 23.6 Å². The van der Waals surface area contributed by atoms with E-state index in [4.69, 9.17) is 5.73 Å². The van der Waals surface area contributed by atoms with Crippen molar-refractivity contribution in [1.82, 2.24) is 5.32 Å². The Morgan fingerprint density at radius 1 is 1.22 bits per heavy atom. The van der Waals surface area contributed by atoms with Crippen molar-refractivity contribution in [2.24, 2.45) is 23.5 Å². The number of carbonyl (C=O) groups is 3. The lowest BCUT2D eigenvalue weighted by Gasteiger charge is -2.28. The van der Waals surface area contributed by atoms with E-state index in [-0.39, 0.29) is 17.6 Å². The van der Waals surface area contributed by atoms with E-state index in [0.29, 0.717) is 0 Å². The van der Waals surface area contributed by atoms with Gasteiger partial charge in [-0.1, -0.05) is 26.2 Å². The largest absolute Gasteiger partial charge is 0.321 e. The van der Waals surface area contributed by atoms with Gasteiger partial charge in [-0.2, -0.15) is 0 Å². The van der Waals surface area contributed by atoms with Crippen molar-refractivity contribution in [2.75, 3.05) is 0 Å². The molecule has 0 aromatic rings. The summed E-state index contributed by atoms with van der Waals surface area (Å²) in [5.41, 5.74) is 6.00. The summed E-state index contributed by atoms with van der Waals surface area (Å²) in [5, 5.41) is 2.20. The molecule has 100 valence electrons. The topological polar surface area (TPSA) is 89.3 Å². The van der Waals surface area contributed by atoms with E-state index < -0.39 is 23.8 Å². The maximum absolute atomic E-state index is 12.3. The van der Waals surface area contributed by atoms with Crippen molar-refractivity contribution in [2.45, 2.75) is 45.1 Å². The zero-order valence-corrected chi connectivity index (χ0v) is 10.6. The number of amides is 2. The molecule has 5 nitrogen and oxygen atoms in total. The van der Waals surface area contributed by atoms with E-state index in [1.54, 1.807) is 6.92 Å². The zero-order valence-electron chi connectivity index (χ0n) is 10.6. The monoisotopic (exact) mass is 252 g/mol. The third kappa shape index (κ3) is 2.32. The Balaban J connectivity index is 2.06. The zero-order chi connectivity index (χ0) is 13.3. The SMILES string of the molecule is C[C@@H]1C(=O)NC(=O)[C@H]1C(=O)[C@@H](N)C1CCCCC1. The Bertz CT molecular complexity index is 374. The molecule has 18 heavy (non-hydrogen) atoms. The molecule has 2 fully saturated rings. The number of nitrogens with one attached hydrogen (secondary N) is 1. The van der Waals surface area contributed by atoms with Gasteiger partial charge in [0.25, 0.3) is 0 Å². The van der Waals surface area contributed by atoms with Gasteiger partial charge in [0.15, 0.2) is 5.78 Å². The van der Waals surface area contributed by atoms with E-state index in [9.17, 15) is 14.4 Å². The second kappa shape index (κ2) is 5.18. The molecular formula is C13H20N2O3. The third-order valence-electron chi connectivity index (χ3n) is 4.24. The van der Waals surface area contributed by atoms with Crippen LogP contribution in [0, 0.1) is 17.8 Å². The van der Waals surface area contributed by atoms with Crippen molar-refractivity contribution in [3.05, 3.63) is 0 Å². The number of ketones is 1. The summed E-state index contributed by atoms with van der Waals surface area (Å²) in [4.78, 5) is 35.3. The first-order valence-corrected chi connectivity index (χ1v) is 6.66. The quantitative estimate of drug-likeness (QED) is 0.561. The van der Waals surface area contributed by atoms with E-state index in [2.05, 4.69) is 5.32 Å². The maximum Gasteiger partial charge on any atom is 0.238 e. The second-order valence-corrected chi connectivity index (χ2v) is 5.45. The van der Waals surface area contributed by atoms with Crippen LogP contribution in [-0.2, 0) is 14.4 Å². The van der Waals surface area contributed by atoms with Crippen molar-refractivity contribution in [3.63, 3.8) is 0 Å². The number of nitrogens with two attached hydrogens (primary N) is 1. The minimum atomic E-state index is -0.880. The van der Waals surface area contributed by atoms with E-state index in [0.717, 1.165) is 25.7 Å². The first-order valence-electron chi connectivity index (χ1n) is 6.66. The standard InChI is InChI=1S/C13H20N2O3/c1-7-9(13(18)15-12(7)17)11(16)10(14)8-5-3-2-4-6-8/h7-10H,2-6,14H2,1H3,(H,15,17,18)/t7-,9+,10-/m0/s1. The summed E-state index contributed by atoms with van der Waals surface area (Å²) < 4.78 is 0. The molecule has 2 rings (SSSR count). The molecule has 0 unspecified atom stereocenters. The Kier molecular flexibility index (Phi) is 3.80. The van der Waals surface area contributed by atoms with Crippen LogP contribution in [0.25, 0.3) is 0 Å². The van der Waals surface area contributed by atoms with E-state index in [1.165, 1.54) is 6.42 Å². The van der Waals surface area contributed by atoms with Crippen molar-refractivity contribution in [3.8, 4) is 0 Å².